The number of amidine groups is 1. The average Bonchev–Trinajstić information content (AvgIpc) is 2.36. The molecule has 0 heterocycles. The number of nitrogens with one attached hydrogen (secondary N) is 1. The zero-order chi connectivity index (χ0) is 14.0. The Hall–Kier alpha value is -1.95. The molecular weight excluding hydrogens is 318 g/mol. The molecule has 0 spiro atoms. The second-order valence-corrected chi connectivity index (χ2v) is 4.66. The van der Waals surface area contributed by atoms with E-state index in [-0.39, 0.29) is 11.6 Å². The molecule has 0 saturated heterocycles. The van der Waals surface area contributed by atoms with Crippen LogP contribution in [0.3, 0.4) is 0 Å². The zero-order valence-corrected chi connectivity index (χ0v) is 11.2. The minimum atomic E-state index is -1.06. The first-order valence-electron chi connectivity index (χ1n) is 5.24. The monoisotopic (exact) mass is 326 g/mol. The normalized spacial score (nSPS) is 10.3. The van der Waals surface area contributed by atoms with Crippen molar-refractivity contribution in [3.8, 4) is 11.5 Å². The van der Waals surface area contributed by atoms with Crippen molar-refractivity contribution in [2.24, 2.45) is 5.73 Å². The SMILES string of the molecule is N=C(N)c1ccc(Oc2cc(Br)cc(F)c2F)cc1. The fourth-order valence-corrected chi connectivity index (χ4v) is 1.85. The van der Waals surface area contributed by atoms with E-state index in [1.165, 1.54) is 18.2 Å². The highest BCUT2D eigenvalue weighted by Crippen LogP contribution is 2.29. The molecule has 3 N–H and O–H groups in total. The van der Waals surface area contributed by atoms with Gasteiger partial charge in [-0.15, -0.1) is 0 Å². The van der Waals surface area contributed by atoms with Crippen molar-refractivity contribution in [1.29, 1.82) is 5.41 Å². The van der Waals surface area contributed by atoms with Crippen LogP contribution in [0.1, 0.15) is 5.56 Å². The van der Waals surface area contributed by atoms with Crippen molar-refractivity contribution in [2.45, 2.75) is 0 Å². The van der Waals surface area contributed by atoms with Crippen LogP contribution >= 0.6 is 15.9 Å². The Kier molecular flexibility index (Phi) is 3.80. The van der Waals surface area contributed by atoms with E-state index >= 15 is 0 Å². The quantitative estimate of drug-likeness (QED) is 0.512. The number of hydrogen-bond acceptors (Lipinski definition) is 2. The van der Waals surface area contributed by atoms with Crippen LogP contribution < -0.4 is 10.5 Å². The van der Waals surface area contributed by atoms with Crippen LogP contribution in [0.5, 0.6) is 11.5 Å². The van der Waals surface area contributed by atoms with Crippen molar-refractivity contribution in [2.75, 3.05) is 0 Å². The maximum absolute atomic E-state index is 13.5. The lowest BCUT2D eigenvalue weighted by Gasteiger charge is -2.08. The summed E-state index contributed by atoms with van der Waals surface area (Å²) in [6, 6.07) is 8.51. The highest BCUT2D eigenvalue weighted by Gasteiger charge is 2.12. The standard InChI is InChI=1S/C13H9BrF2N2O/c14-8-5-10(15)12(16)11(6-8)19-9-3-1-7(2-4-9)13(17)18/h1-6H,(H3,17,18). The van der Waals surface area contributed by atoms with Gasteiger partial charge in [0.25, 0.3) is 0 Å². The van der Waals surface area contributed by atoms with E-state index in [0.29, 0.717) is 15.8 Å². The van der Waals surface area contributed by atoms with Gasteiger partial charge in [-0.3, -0.25) is 5.41 Å². The Bertz CT molecular complexity index is 629. The second kappa shape index (κ2) is 5.36. The lowest BCUT2D eigenvalue weighted by Crippen LogP contribution is -2.10. The maximum Gasteiger partial charge on any atom is 0.201 e. The van der Waals surface area contributed by atoms with Gasteiger partial charge >= 0.3 is 0 Å². The summed E-state index contributed by atoms with van der Waals surface area (Å²) in [6.07, 6.45) is 0. The molecule has 0 fully saturated rings. The van der Waals surface area contributed by atoms with E-state index in [9.17, 15) is 8.78 Å². The molecule has 0 radical (unpaired) electrons. The van der Waals surface area contributed by atoms with Crippen LogP contribution in [-0.4, -0.2) is 5.84 Å². The van der Waals surface area contributed by atoms with E-state index in [2.05, 4.69) is 15.9 Å². The lowest BCUT2D eigenvalue weighted by atomic mass is 10.2. The average molecular weight is 327 g/mol. The minimum Gasteiger partial charge on any atom is -0.454 e. The first-order chi connectivity index (χ1) is 8.97. The number of ether oxygens (including phenoxy) is 1. The number of nitrogen functional groups attached to an aromatic ring is 1. The summed E-state index contributed by atoms with van der Waals surface area (Å²) in [7, 11) is 0. The highest BCUT2D eigenvalue weighted by molar-refractivity contribution is 9.10. The first-order valence-corrected chi connectivity index (χ1v) is 6.03. The molecule has 0 bridgehead atoms. The second-order valence-electron chi connectivity index (χ2n) is 3.74. The molecule has 6 heteroatoms. The van der Waals surface area contributed by atoms with Crippen LogP contribution in [-0.2, 0) is 0 Å². The molecule has 0 aliphatic heterocycles. The summed E-state index contributed by atoms with van der Waals surface area (Å²) in [6.45, 7) is 0. The summed E-state index contributed by atoms with van der Waals surface area (Å²) >= 11 is 3.06. The molecule has 0 saturated carbocycles. The molecule has 0 unspecified atom stereocenters. The zero-order valence-electron chi connectivity index (χ0n) is 9.58. The fourth-order valence-electron chi connectivity index (χ4n) is 1.44. The van der Waals surface area contributed by atoms with Gasteiger partial charge in [0.1, 0.15) is 11.6 Å². The van der Waals surface area contributed by atoms with Crippen LogP contribution in [0, 0.1) is 17.0 Å². The van der Waals surface area contributed by atoms with Gasteiger partial charge in [-0.1, -0.05) is 15.9 Å². The van der Waals surface area contributed by atoms with Gasteiger partial charge in [0.05, 0.1) is 0 Å². The van der Waals surface area contributed by atoms with E-state index in [0.717, 1.165) is 6.07 Å². The van der Waals surface area contributed by atoms with Crippen molar-refractivity contribution in [3.05, 3.63) is 58.1 Å². The van der Waals surface area contributed by atoms with Crippen molar-refractivity contribution in [3.63, 3.8) is 0 Å². The summed E-state index contributed by atoms with van der Waals surface area (Å²) in [4.78, 5) is 0. The number of rotatable bonds is 3. The fraction of sp³-hybridized carbons (Fsp3) is 0. The number of hydrogen-bond donors (Lipinski definition) is 2. The minimum absolute atomic E-state index is 0.0776. The molecule has 0 atom stereocenters. The van der Waals surface area contributed by atoms with E-state index in [1.807, 2.05) is 0 Å². The van der Waals surface area contributed by atoms with Crippen molar-refractivity contribution >= 4 is 21.8 Å². The number of nitrogens with two attached hydrogens (primary N) is 1. The Labute approximate surface area is 116 Å². The van der Waals surface area contributed by atoms with Gasteiger partial charge in [-0.25, -0.2) is 4.39 Å². The summed E-state index contributed by atoms with van der Waals surface area (Å²) < 4.78 is 32.3. The lowest BCUT2D eigenvalue weighted by molar-refractivity contribution is 0.415. The van der Waals surface area contributed by atoms with E-state index in [4.69, 9.17) is 15.9 Å². The third kappa shape index (κ3) is 3.08. The third-order valence-electron chi connectivity index (χ3n) is 2.35. The van der Waals surface area contributed by atoms with Crippen LogP contribution in [0.4, 0.5) is 8.78 Å². The summed E-state index contributed by atoms with van der Waals surface area (Å²) in [5, 5.41) is 7.24. The molecule has 0 aromatic heterocycles. The number of halogens is 3. The molecule has 19 heavy (non-hydrogen) atoms. The molecular formula is C13H9BrF2N2O. The molecule has 0 amide bonds. The predicted octanol–water partition coefficient (Wildman–Crippen LogP) is 3.80. The first kappa shape index (κ1) is 13.5. The Morgan fingerprint density at radius 2 is 1.79 bits per heavy atom. The van der Waals surface area contributed by atoms with Crippen LogP contribution in [0.15, 0.2) is 40.9 Å². The molecule has 3 nitrogen and oxygen atoms in total. The van der Waals surface area contributed by atoms with Crippen LogP contribution in [0.2, 0.25) is 0 Å². The van der Waals surface area contributed by atoms with Crippen molar-refractivity contribution < 1.29 is 13.5 Å². The highest BCUT2D eigenvalue weighted by atomic mass is 79.9. The predicted molar refractivity (Wildman–Crippen MR) is 71.6 cm³/mol. The Morgan fingerprint density at radius 1 is 1.16 bits per heavy atom. The maximum atomic E-state index is 13.5. The van der Waals surface area contributed by atoms with Gasteiger partial charge in [-0.05, 0) is 36.4 Å². The largest absolute Gasteiger partial charge is 0.454 e. The smallest absolute Gasteiger partial charge is 0.201 e. The summed E-state index contributed by atoms with van der Waals surface area (Å²) in [5.74, 6) is -2.03. The molecule has 0 aliphatic rings. The van der Waals surface area contributed by atoms with Crippen LogP contribution in [0.25, 0.3) is 0 Å². The van der Waals surface area contributed by atoms with E-state index in [1.54, 1.807) is 12.1 Å². The van der Waals surface area contributed by atoms with Crippen molar-refractivity contribution in [1.82, 2.24) is 0 Å². The van der Waals surface area contributed by atoms with Gasteiger partial charge < -0.3 is 10.5 Å². The van der Waals surface area contributed by atoms with Gasteiger partial charge in [0.15, 0.2) is 11.6 Å². The molecule has 2 aromatic carbocycles. The van der Waals surface area contributed by atoms with E-state index < -0.39 is 11.6 Å². The topological polar surface area (TPSA) is 59.1 Å². The molecule has 2 aromatic rings. The molecule has 98 valence electrons. The van der Waals surface area contributed by atoms with Gasteiger partial charge in [0, 0.05) is 10.0 Å². The van der Waals surface area contributed by atoms with Gasteiger partial charge in [0.2, 0.25) is 5.82 Å². The molecule has 2 rings (SSSR count). The Morgan fingerprint density at radius 3 is 2.37 bits per heavy atom. The third-order valence-corrected chi connectivity index (χ3v) is 2.81. The molecule has 0 aliphatic carbocycles. The number of benzene rings is 2. The Balaban J connectivity index is 2.28. The summed E-state index contributed by atoms with van der Waals surface area (Å²) in [5.41, 5.74) is 5.83. The van der Waals surface area contributed by atoms with Gasteiger partial charge in [-0.2, -0.15) is 4.39 Å².